The van der Waals surface area contributed by atoms with Crippen LogP contribution >= 0.6 is 0 Å². The topological polar surface area (TPSA) is 129 Å². The highest BCUT2D eigenvalue weighted by molar-refractivity contribution is 6.18. The number of rotatable bonds is 8. The molecule has 37 heavy (non-hydrogen) atoms. The number of benzene rings is 2. The number of hydrogen-bond acceptors (Lipinski definition) is 7. The van der Waals surface area contributed by atoms with Gasteiger partial charge in [-0.1, -0.05) is 18.2 Å². The summed E-state index contributed by atoms with van der Waals surface area (Å²) in [6.07, 6.45) is 5.37. The maximum atomic E-state index is 13.4. The van der Waals surface area contributed by atoms with E-state index in [9.17, 15) is 14.7 Å². The van der Waals surface area contributed by atoms with E-state index in [1.54, 1.807) is 30.5 Å². The predicted octanol–water partition coefficient (Wildman–Crippen LogP) is 4.20. The molecule has 4 N–H and O–H groups in total. The van der Waals surface area contributed by atoms with Gasteiger partial charge in [-0.25, -0.2) is 9.97 Å². The van der Waals surface area contributed by atoms with Crippen LogP contribution in [-0.4, -0.2) is 49.9 Å². The minimum atomic E-state index is -1.01. The number of aromatic nitrogens is 3. The number of nitrogens with zero attached hydrogens (tertiary/aromatic N) is 2. The van der Waals surface area contributed by atoms with Crippen molar-refractivity contribution in [2.24, 2.45) is 0 Å². The second-order valence-corrected chi connectivity index (χ2v) is 9.29. The number of para-hydroxylation sites is 1. The summed E-state index contributed by atoms with van der Waals surface area (Å²) in [5, 5.41) is 16.5. The van der Waals surface area contributed by atoms with Gasteiger partial charge in [0.15, 0.2) is 5.78 Å². The highest BCUT2D eigenvalue weighted by Gasteiger charge is 2.25. The van der Waals surface area contributed by atoms with E-state index in [2.05, 4.69) is 25.6 Å². The molecule has 0 spiro atoms. The lowest BCUT2D eigenvalue weighted by atomic mass is 9.91. The predicted molar refractivity (Wildman–Crippen MR) is 140 cm³/mol. The molecule has 1 atom stereocenters. The molecular weight excluding hydrogens is 470 g/mol. The molecule has 1 unspecified atom stereocenters. The smallest absolute Gasteiger partial charge is 0.248 e. The third kappa shape index (κ3) is 5.62. The molecule has 0 bridgehead atoms. The maximum Gasteiger partial charge on any atom is 0.248 e. The summed E-state index contributed by atoms with van der Waals surface area (Å²) in [6, 6.07) is 16.7. The van der Waals surface area contributed by atoms with Gasteiger partial charge in [0.1, 0.15) is 35.4 Å². The SMILES string of the molecule is CC(O)C(=O)N[C@H]1CC[C@@H](Nc2ncnc3[nH]cc(C(=O)c4ccc(Oc5ccccc5)cc4)c23)CC1. The number of aliphatic hydroxyl groups excluding tert-OH is 1. The Morgan fingerprint density at radius 2 is 1.65 bits per heavy atom. The Bertz CT molecular complexity index is 1380. The van der Waals surface area contributed by atoms with Crippen LogP contribution in [0.2, 0.25) is 0 Å². The summed E-state index contributed by atoms with van der Waals surface area (Å²) in [5.41, 5.74) is 1.61. The molecule has 190 valence electrons. The molecule has 2 aromatic carbocycles. The normalized spacial score (nSPS) is 18.2. The van der Waals surface area contributed by atoms with E-state index in [1.807, 2.05) is 30.3 Å². The van der Waals surface area contributed by atoms with Gasteiger partial charge in [0.25, 0.3) is 0 Å². The average Bonchev–Trinajstić information content (AvgIpc) is 3.36. The molecule has 0 radical (unpaired) electrons. The quantitative estimate of drug-likeness (QED) is 0.267. The van der Waals surface area contributed by atoms with Crippen LogP contribution in [-0.2, 0) is 4.79 Å². The molecule has 5 rings (SSSR count). The van der Waals surface area contributed by atoms with Crippen molar-refractivity contribution in [2.75, 3.05) is 5.32 Å². The Kier molecular flexibility index (Phi) is 7.14. The first kappa shape index (κ1) is 24.5. The lowest BCUT2D eigenvalue weighted by molar-refractivity contribution is -0.129. The van der Waals surface area contributed by atoms with Gasteiger partial charge >= 0.3 is 0 Å². The summed E-state index contributed by atoms with van der Waals surface area (Å²) >= 11 is 0. The zero-order chi connectivity index (χ0) is 25.8. The molecule has 1 amide bonds. The standard InChI is InChI=1S/C28H29N5O4/c1-17(34)28(36)33-20-11-9-19(10-12-20)32-27-24-23(15-29-26(24)30-16-31-27)25(35)18-7-13-22(14-8-18)37-21-5-3-2-4-6-21/h2-8,13-17,19-20,34H,9-12H2,1H3,(H,33,36)(H2,29,30,31,32)/t17?,19-,20+. The number of ether oxygens (including phenoxy) is 1. The number of carbonyl (C=O) groups excluding carboxylic acids is 2. The molecule has 1 aliphatic carbocycles. The van der Waals surface area contributed by atoms with Gasteiger partial charge in [-0.2, -0.15) is 0 Å². The molecule has 9 nitrogen and oxygen atoms in total. The van der Waals surface area contributed by atoms with Gasteiger partial charge in [0.05, 0.1) is 10.9 Å². The van der Waals surface area contributed by atoms with Crippen molar-refractivity contribution < 1.29 is 19.4 Å². The van der Waals surface area contributed by atoms with Gasteiger partial charge < -0.3 is 25.5 Å². The lowest BCUT2D eigenvalue weighted by Gasteiger charge is -2.30. The monoisotopic (exact) mass is 499 g/mol. The van der Waals surface area contributed by atoms with Crippen molar-refractivity contribution >= 4 is 28.5 Å². The second-order valence-electron chi connectivity index (χ2n) is 9.29. The zero-order valence-corrected chi connectivity index (χ0v) is 20.5. The fraction of sp³-hybridized carbons (Fsp3) is 0.286. The lowest BCUT2D eigenvalue weighted by Crippen LogP contribution is -2.43. The van der Waals surface area contributed by atoms with Crippen LogP contribution in [0.1, 0.15) is 48.5 Å². The van der Waals surface area contributed by atoms with Gasteiger partial charge in [0, 0.05) is 23.8 Å². The van der Waals surface area contributed by atoms with Crippen LogP contribution in [0, 0.1) is 0 Å². The summed E-state index contributed by atoms with van der Waals surface area (Å²) in [5.74, 6) is 1.50. The van der Waals surface area contributed by atoms with E-state index in [0.29, 0.717) is 33.7 Å². The molecule has 2 heterocycles. The van der Waals surface area contributed by atoms with Crippen molar-refractivity contribution in [3.05, 3.63) is 78.2 Å². The number of amides is 1. The fourth-order valence-corrected chi connectivity index (χ4v) is 4.60. The Morgan fingerprint density at radius 1 is 0.973 bits per heavy atom. The van der Waals surface area contributed by atoms with E-state index in [0.717, 1.165) is 31.4 Å². The summed E-state index contributed by atoms with van der Waals surface area (Å²) < 4.78 is 5.83. The first-order valence-corrected chi connectivity index (χ1v) is 12.4. The Hall–Kier alpha value is -4.24. The van der Waals surface area contributed by atoms with Crippen molar-refractivity contribution in [1.29, 1.82) is 0 Å². The van der Waals surface area contributed by atoms with E-state index < -0.39 is 6.10 Å². The first-order chi connectivity index (χ1) is 18.0. The van der Waals surface area contributed by atoms with E-state index in [4.69, 9.17) is 4.74 Å². The molecule has 1 saturated carbocycles. The average molecular weight is 500 g/mol. The van der Waals surface area contributed by atoms with Gasteiger partial charge in [0.2, 0.25) is 5.91 Å². The van der Waals surface area contributed by atoms with Crippen LogP contribution in [0.25, 0.3) is 11.0 Å². The van der Waals surface area contributed by atoms with Gasteiger partial charge in [-0.05, 0) is 69.0 Å². The minimum Gasteiger partial charge on any atom is -0.457 e. The van der Waals surface area contributed by atoms with E-state index in [-0.39, 0.29) is 23.8 Å². The van der Waals surface area contributed by atoms with E-state index in [1.165, 1.54) is 13.3 Å². The van der Waals surface area contributed by atoms with Crippen molar-refractivity contribution in [3.63, 3.8) is 0 Å². The van der Waals surface area contributed by atoms with Crippen molar-refractivity contribution in [3.8, 4) is 11.5 Å². The van der Waals surface area contributed by atoms with Gasteiger partial charge in [-0.3, -0.25) is 9.59 Å². The van der Waals surface area contributed by atoms with Crippen LogP contribution in [0.4, 0.5) is 5.82 Å². The number of fused-ring (bicyclic) bond motifs is 1. The van der Waals surface area contributed by atoms with Crippen molar-refractivity contribution in [2.45, 2.75) is 50.8 Å². The molecule has 9 heteroatoms. The number of anilines is 1. The van der Waals surface area contributed by atoms with Gasteiger partial charge in [-0.15, -0.1) is 0 Å². The number of aliphatic hydroxyl groups is 1. The Balaban J connectivity index is 1.29. The molecule has 2 aromatic heterocycles. The van der Waals surface area contributed by atoms with Crippen LogP contribution in [0.3, 0.4) is 0 Å². The molecule has 1 fully saturated rings. The van der Waals surface area contributed by atoms with E-state index >= 15 is 0 Å². The number of nitrogens with one attached hydrogen (secondary N) is 3. The highest BCUT2D eigenvalue weighted by Crippen LogP contribution is 2.29. The zero-order valence-electron chi connectivity index (χ0n) is 20.5. The third-order valence-electron chi connectivity index (χ3n) is 6.60. The van der Waals surface area contributed by atoms with Crippen LogP contribution in [0.5, 0.6) is 11.5 Å². The molecular formula is C28H29N5O4. The molecule has 0 aliphatic heterocycles. The van der Waals surface area contributed by atoms with Crippen LogP contribution < -0.4 is 15.4 Å². The van der Waals surface area contributed by atoms with Crippen LogP contribution in [0.15, 0.2) is 67.1 Å². The number of ketones is 1. The minimum absolute atomic E-state index is 0.0452. The largest absolute Gasteiger partial charge is 0.457 e. The first-order valence-electron chi connectivity index (χ1n) is 12.4. The Morgan fingerprint density at radius 3 is 2.35 bits per heavy atom. The molecule has 4 aromatic rings. The summed E-state index contributed by atoms with van der Waals surface area (Å²) in [4.78, 5) is 37.1. The molecule has 0 saturated heterocycles. The summed E-state index contributed by atoms with van der Waals surface area (Å²) in [7, 11) is 0. The number of carbonyl (C=O) groups is 2. The number of aromatic amines is 1. The summed E-state index contributed by atoms with van der Waals surface area (Å²) in [6.45, 7) is 1.46. The highest BCUT2D eigenvalue weighted by atomic mass is 16.5. The molecule has 1 aliphatic rings. The van der Waals surface area contributed by atoms with Crippen molar-refractivity contribution in [1.82, 2.24) is 20.3 Å². The maximum absolute atomic E-state index is 13.4. The fourth-order valence-electron chi connectivity index (χ4n) is 4.60. The Labute approximate surface area is 214 Å². The third-order valence-corrected chi connectivity index (χ3v) is 6.60. The number of hydrogen-bond donors (Lipinski definition) is 4. The second kappa shape index (κ2) is 10.8. The number of H-pyrrole nitrogens is 1.